The first-order valence-electron chi connectivity index (χ1n) is 5.16. The zero-order valence-corrected chi connectivity index (χ0v) is 9.85. The van der Waals surface area contributed by atoms with Crippen molar-refractivity contribution in [1.29, 1.82) is 0 Å². The average Bonchev–Trinajstić information content (AvgIpc) is 2.81. The van der Waals surface area contributed by atoms with E-state index in [-0.39, 0.29) is 0 Å². The Labute approximate surface area is 97.5 Å². The van der Waals surface area contributed by atoms with Crippen LogP contribution in [-0.4, -0.2) is 58.4 Å². The summed E-state index contributed by atoms with van der Waals surface area (Å²) >= 11 is 1.51. The highest BCUT2D eigenvalue weighted by molar-refractivity contribution is 7.13. The molecule has 16 heavy (non-hydrogen) atoms. The molecule has 1 unspecified atom stereocenters. The molecule has 1 aliphatic heterocycles. The molecule has 0 amide bonds. The van der Waals surface area contributed by atoms with Crippen LogP contribution in [0, 0.1) is 0 Å². The Morgan fingerprint density at radius 2 is 2.19 bits per heavy atom. The topological polar surface area (TPSA) is 69.6 Å². The lowest BCUT2D eigenvalue weighted by atomic mass is 10.2. The van der Waals surface area contributed by atoms with E-state index in [1.54, 1.807) is 12.4 Å². The summed E-state index contributed by atoms with van der Waals surface area (Å²) in [5.41, 5.74) is 1.71. The Morgan fingerprint density at radius 3 is 2.69 bits per heavy atom. The van der Waals surface area contributed by atoms with Crippen LogP contribution in [-0.2, 0) is 4.79 Å². The SMILES string of the molecule is CC(C(=O)O)N1CCN(c2nncs2)CC1. The predicted molar refractivity (Wildman–Crippen MR) is 60.8 cm³/mol. The fraction of sp³-hybridized carbons (Fsp3) is 0.667. The number of rotatable bonds is 3. The van der Waals surface area contributed by atoms with Crippen molar-refractivity contribution in [2.75, 3.05) is 31.1 Å². The molecule has 88 valence electrons. The molecule has 7 heteroatoms. The zero-order valence-electron chi connectivity index (χ0n) is 9.04. The molecule has 6 nitrogen and oxygen atoms in total. The summed E-state index contributed by atoms with van der Waals surface area (Å²) in [5, 5.41) is 17.6. The maximum Gasteiger partial charge on any atom is 0.320 e. The van der Waals surface area contributed by atoms with Crippen LogP contribution in [0.25, 0.3) is 0 Å². The van der Waals surface area contributed by atoms with Gasteiger partial charge in [0.2, 0.25) is 5.13 Å². The van der Waals surface area contributed by atoms with Crippen molar-refractivity contribution in [3.05, 3.63) is 5.51 Å². The van der Waals surface area contributed by atoms with E-state index in [0.717, 1.165) is 31.3 Å². The molecule has 1 aromatic rings. The third-order valence-electron chi connectivity index (χ3n) is 2.84. The van der Waals surface area contributed by atoms with Gasteiger partial charge in [0.1, 0.15) is 11.6 Å². The summed E-state index contributed by atoms with van der Waals surface area (Å²) in [4.78, 5) is 14.9. The minimum Gasteiger partial charge on any atom is -0.480 e. The quantitative estimate of drug-likeness (QED) is 0.812. The number of piperazine rings is 1. The van der Waals surface area contributed by atoms with Gasteiger partial charge in [-0.15, -0.1) is 10.2 Å². The fourth-order valence-electron chi connectivity index (χ4n) is 1.76. The second-order valence-corrected chi connectivity index (χ2v) is 4.57. The molecule has 0 aliphatic carbocycles. The van der Waals surface area contributed by atoms with Gasteiger partial charge in [0.25, 0.3) is 0 Å². The van der Waals surface area contributed by atoms with E-state index in [1.165, 1.54) is 11.3 Å². The van der Waals surface area contributed by atoms with Crippen LogP contribution >= 0.6 is 11.3 Å². The van der Waals surface area contributed by atoms with Gasteiger partial charge in [-0.25, -0.2) is 0 Å². The van der Waals surface area contributed by atoms with Crippen molar-refractivity contribution in [2.24, 2.45) is 0 Å². The molecule has 1 atom stereocenters. The summed E-state index contributed by atoms with van der Waals surface area (Å²) in [6.45, 7) is 4.86. The lowest BCUT2D eigenvalue weighted by Gasteiger charge is -2.36. The molecule has 0 aromatic carbocycles. The summed E-state index contributed by atoms with van der Waals surface area (Å²) in [7, 11) is 0. The smallest absolute Gasteiger partial charge is 0.320 e. The van der Waals surface area contributed by atoms with Gasteiger partial charge in [0.15, 0.2) is 0 Å². The molecular formula is C9H14N4O2S. The standard InChI is InChI=1S/C9H14N4O2S/c1-7(8(14)15)12-2-4-13(5-3-12)9-11-10-6-16-9/h6-7H,2-5H2,1H3,(H,14,15). The van der Waals surface area contributed by atoms with E-state index in [0.29, 0.717) is 0 Å². The minimum absolute atomic E-state index is 0.406. The Hall–Kier alpha value is -1.21. The van der Waals surface area contributed by atoms with Crippen molar-refractivity contribution in [3.63, 3.8) is 0 Å². The summed E-state index contributed by atoms with van der Waals surface area (Å²) in [5.74, 6) is -0.760. The molecule has 0 spiro atoms. The summed E-state index contributed by atoms with van der Waals surface area (Å²) in [6.07, 6.45) is 0. The maximum absolute atomic E-state index is 10.8. The fourth-order valence-corrected chi connectivity index (χ4v) is 2.38. The van der Waals surface area contributed by atoms with Gasteiger partial charge in [-0.2, -0.15) is 0 Å². The highest BCUT2D eigenvalue weighted by Crippen LogP contribution is 2.18. The first-order chi connectivity index (χ1) is 7.68. The Bertz CT molecular complexity index is 348. The van der Waals surface area contributed by atoms with Crippen LogP contribution in [0.15, 0.2) is 5.51 Å². The zero-order chi connectivity index (χ0) is 11.5. The third kappa shape index (κ3) is 2.30. The molecule has 1 N–H and O–H groups in total. The summed E-state index contributed by atoms with van der Waals surface area (Å²) in [6, 6.07) is -0.406. The van der Waals surface area contributed by atoms with E-state index >= 15 is 0 Å². The van der Waals surface area contributed by atoms with Crippen LogP contribution in [0.4, 0.5) is 5.13 Å². The van der Waals surface area contributed by atoms with Crippen molar-refractivity contribution >= 4 is 22.4 Å². The predicted octanol–water partition coefficient (Wildman–Crippen LogP) is 0.133. The molecule has 0 saturated carbocycles. The van der Waals surface area contributed by atoms with Crippen LogP contribution in [0.5, 0.6) is 0 Å². The molecule has 0 bridgehead atoms. The van der Waals surface area contributed by atoms with Crippen molar-refractivity contribution in [3.8, 4) is 0 Å². The van der Waals surface area contributed by atoms with Crippen molar-refractivity contribution < 1.29 is 9.90 Å². The van der Waals surface area contributed by atoms with Gasteiger partial charge in [-0.3, -0.25) is 9.69 Å². The Kier molecular flexibility index (Phi) is 3.35. The van der Waals surface area contributed by atoms with Crippen molar-refractivity contribution in [1.82, 2.24) is 15.1 Å². The van der Waals surface area contributed by atoms with Crippen LogP contribution in [0.1, 0.15) is 6.92 Å². The van der Waals surface area contributed by atoms with E-state index in [2.05, 4.69) is 15.1 Å². The second-order valence-electron chi connectivity index (χ2n) is 3.76. The molecule has 1 fully saturated rings. The Morgan fingerprint density at radius 1 is 1.50 bits per heavy atom. The number of aromatic nitrogens is 2. The van der Waals surface area contributed by atoms with Gasteiger partial charge < -0.3 is 10.0 Å². The number of aliphatic carboxylic acids is 1. The van der Waals surface area contributed by atoms with Gasteiger partial charge in [-0.05, 0) is 6.92 Å². The Balaban J connectivity index is 1.90. The first-order valence-corrected chi connectivity index (χ1v) is 6.04. The maximum atomic E-state index is 10.8. The second kappa shape index (κ2) is 4.75. The number of hydrogen-bond acceptors (Lipinski definition) is 6. The number of hydrogen-bond donors (Lipinski definition) is 1. The van der Waals surface area contributed by atoms with E-state index in [9.17, 15) is 4.79 Å². The van der Waals surface area contributed by atoms with E-state index < -0.39 is 12.0 Å². The minimum atomic E-state index is -0.760. The first kappa shape index (κ1) is 11.3. The van der Waals surface area contributed by atoms with E-state index in [4.69, 9.17) is 5.11 Å². The molecule has 1 saturated heterocycles. The van der Waals surface area contributed by atoms with Gasteiger partial charge in [0, 0.05) is 26.2 Å². The highest BCUT2D eigenvalue weighted by Gasteiger charge is 2.25. The molecule has 2 heterocycles. The van der Waals surface area contributed by atoms with Gasteiger partial charge in [-0.1, -0.05) is 11.3 Å². The average molecular weight is 242 g/mol. The molecule has 0 radical (unpaired) electrons. The van der Waals surface area contributed by atoms with Crippen LogP contribution < -0.4 is 4.90 Å². The number of anilines is 1. The number of carboxylic acids is 1. The molecule has 2 rings (SSSR count). The monoisotopic (exact) mass is 242 g/mol. The molecule has 1 aliphatic rings. The third-order valence-corrected chi connectivity index (χ3v) is 3.59. The normalized spacial score (nSPS) is 19.7. The lowest BCUT2D eigenvalue weighted by molar-refractivity contribution is -0.142. The van der Waals surface area contributed by atoms with E-state index in [1.807, 2.05) is 4.90 Å². The molecule has 1 aromatic heterocycles. The number of carbonyl (C=O) groups is 1. The lowest BCUT2D eigenvalue weighted by Crippen LogP contribution is -2.51. The van der Waals surface area contributed by atoms with Crippen LogP contribution in [0.3, 0.4) is 0 Å². The van der Waals surface area contributed by atoms with Gasteiger partial charge >= 0.3 is 5.97 Å². The highest BCUT2D eigenvalue weighted by atomic mass is 32.1. The summed E-state index contributed by atoms with van der Waals surface area (Å²) < 4.78 is 0. The number of nitrogens with zero attached hydrogens (tertiary/aromatic N) is 4. The number of carboxylic acid groups (broad SMARTS) is 1. The van der Waals surface area contributed by atoms with Gasteiger partial charge in [0.05, 0.1) is 0 Å². The molecular weight excluding hydrogens is 228 g/mol. The largest absolute Gasteiger partial charge is 0.480 e. The van der Waals surface area contributed by atoms with Crippen molar-refractivity contribution in [2.45, 2.75) is 13.0 Å². The van der Waals surface area contributed by atoms with Crippen LogP contribution in [0.2, 0.25) is 0 Å².